The predicted octanol–water partition coefficient (Wildman–Crippen LogP) is 2.78. The van der Waals surface area contributed by atoms with Gasteiger partial charge < -0.3 is 9.73 Å². The number of para-hydroxylation sites is 1. The van der Waals surface area contributed by atoms with Gasteiger partial charge in [-0.15, -0.1) is 0 Å². The van der Waals surface area contributed by atoms with E-state index in [1.54, 1.807) is 18.2 Å². The minimum Gasteiger partial charge on any atom is -0.422 e. The Kier molecular flexibility index (Phi) is 4.55. The molecule has 0 aliphatic carbocycles. The number of nitrogens with one attached hydrogen (secondary N) is 2. The van der Waals surface area contributed by atoms with Crippen molar-refractivity contribution in [3.8, 4) is 0 Å². The number of hydroxylamine groups is 1. The first kappa shape index (κ1) is 17.4. The molecule has 1 heterocycles. The Hall–Kier alpha value is -3.45. The van der Waals surface area contributed by atoms with Crippen LogP contribution >= 0.6 is 0 Å². The second-order valence-electron chi connectivity index (χ2n) is 5.86. The van der Waals surface area contributed by atoms with E-state index in [1.165, 1.54) is 23.7 Å². The van der Waals surface area contributed by atoms with Gasteiger partial charge in [0.15, 0.2) is 0 Å². The third kappa shape index (κ3) is 3.20. The van der Waals surface area contributed by atoms with E-state index in [1.807, 2.05) is 19.9 Å². The van der Waals surface area contributed by atoms with Crippen LogP contribution in [0.1, 0.15) is 31.8 Å². The molecule has 0 spiro atoms. The lowest BCUT2D eigenvalue weighted by Crippen LogP contribution is -2.24. The highest BCUT2D eigenvalue weighted by Crippen LogP contribution is 2.20. The smallest absolute Gasteiger partial charge is 0.349 e. The molecule has 0 aliphatic rings. The Bertz CT molecular complexity index is 1080. The van der Waals surface area contributed by atoms with Crippen LogP contribution in [0, 0.1) is 13.8 Å². The maximum absolute atomic E-state index is 12.5. The molecule has 132 valence electrons. The van der Waals surface area contributed by atoms with Crippen LogP contribution in [0.15, 0.2) is 51.7 Å². The fraction of sp³-hybridized carbons (Fsp3) is 0.105. The second kappa shape index (κ2) is 6.81. The van der Waals surface area contributed by atoms with Gasteiger partial charge in [0.1, 0.15) is 11.1 Å². The molecule has 0 bridgehead atoms. The zero-order chi connectivity index (χ0) is 18.8. The number of carbonyl (C=O) groups is 2. The SMILES string of the molecule is Cc1cc2cc(C(=O)Nc3ccccc3C(=O)NO)c(=O)oc2cc1C. The summed E-state index contributed by atoms with van der Waals surface area (Å²) in [5.41, 5.74) is 3.14. The molecule has 3 rings (SSSR count). The van der Waals surface area contributed by atoms with Crippen molar-refractivity contribution in [1.82, 2.24) is 5.48 Å². The van der Waals surface area contributed by atoms with E-state index in [4.69, 9.17) is 9.62 Å². The van der Waals surface area contributed by atoms with Crippen molar-refractivity contribution in [3.05, 3.63) is 75.1 Å². The number of anilines is 1. The molecule has 0 radical (unpaired) electrons. The Labute approximate surface area is 148 Å². The van der Waals surface area contributed by atoms with Gasteiger partial charge in [-0.1, -0.05) is 12.1 Å². The minimum atomic E-state index is -0.780. The van der Waals surface area contributed by atoms with Crippen LogP contribution in [0.4, 0.5) is 5.69 Å². The van der Waals surface area contributed by atoms with E-state index < -0.39 is 17.4 Å². The number of hydrogen-bond acceptors (Lipinski definition) is 5. The summed E-state index contributed by atoms with van der Waals surface area (Å²) in [6, 6.07) is 11.1. The number of fused-ring (bicyclic) bond motifs is 1. The second-order valence-corrected chi connectivity index (χ2v) is 5.86. The molecule has 0 atom stereocenters. The first-order valence-corrected chi connectivity index (χ1v) is 7.80. The van der Waals surface area contributed by atoms with Crippen LogP contribution in [0.3, 0.4) is 0 Å². The van der Waals surface area contributed by atoms with E-state index in [0.29, 0.717) is 11.0 Å². The Morgan fingerprint density at radius 1 is 0.962 bits per heavy atom. The molecule has 3 N–H and O–H groups in total. The highest BCUT2D eigenvalue weighted by molar-refractivity contribution is 6.09. The molecule has 2 amide bonds. The van der Waals surface area contributed by atoms with Crippen LogP contribution in [0.25, 0.3) is 11.0 Å². The normalized spacial score (nSPS) is 10.6. The van der Waals surface area contributed by atoms with Crippen molar-refractivity contribution in [1.29, 1.82) is 0 Å². The van der Waals surface area contributed by atoms with Gasteiger partial charge in [-0.3, -0.25) is 14.8 Å². The standard InChI is InChI=1S/C19H16N2O5/c1-10-7-12-9-14(19(24)26-16(12)8-11(10)2)17(22)20-15-6-4-3-5-13(15)18(23)21-25/h3-9,25H,1-2H3,(H,20,22)(H,21,23). The highest BCUT2D eigenvalue weighted by atomic mass is 16.5. The van der Waals surface area contributed by atoms with Crippen LogP contribution < -0.4 is 16.4 Å². The number of carbonyl (C=O) groups excluding carboxylic acids is 2. The Morgan fingerprint density at radius 3 is 2.38 bits per heavy atom. The van der Waals surface area contributed by atoms with E-state index >= 15 is 0 Å². The fourth-order valence-electron chi connectivity index (χ4n) is 2.58. The van der Waals surface area contributed by atoms with Crippen LogP contribution in [-0.4, -0.2) is 17.0 Å². The lowest BCUT2D eigenvalue weighted by atomic mass is 10.1. The summed E-state index contributed by atoms with van der Waals surface area (Å²) in [7, 11) is 0. The monoisotopic (exact) mass is 352 g/mol. The molecule has 0 unspecified atom stereocenters. The van der Waals surface area contributed by atoms with Crippen molar-refractivity contribution in [3.63, 3.8) is 0 Å². The Morgan fingerprint density at radius 2 is 1.65 bits per heavy atom. The molecule has 2 aromatic carbocycles. The van der Waals surface area contributed by atoms with Crippen molar-refractivity contribution >= 4 is 28.5 Å². The van der Waals surface area contributed by atoms with E-state index in [9.17, 15) is 14.4 Å². The van der Waals surface area contributed by atoms with Crippen molar-refractivity contribution in [2.45, 2.75) is 13.8 Å². The zero-order valence-corrected chi connectivity index (χ0v) is 14.1. The molecular weight excluding hydrogens is 336 g/mol. The first-order valence-electron chi connectivity index (χ1n) is 7.80. The van der Waals surface area contributed by atoms with E-state index in [-0.39, 0.29) is 16.8 Å². The summed E-state index contributed by atoms with van der Waals surface area (Å²) in [6.07, 6.45) is 0. The number of aryl methyl sites for hydroxylation is 2. The molecule has 1 aromatic heterocycles. The quantitative estimate of drug-likeness (QED) is 0.381. The van der Waals surface area contributed by atoms with Crippen molar-refractivity contribution < 1.29 is 19.2 Å². The highest BCUT2D eigenvalue weighted by Gasteiger charge is 2.17. The fourth-order valence-corrected chi connectivity index (χ4v) is 2.58. The molecule has 3 aromatic rings. The maximum Gasteiger partial charge on any atom is 0.349 e. The Balaban J connectivity index is 2.01. The van der Waals surface area contributed by atoms with Gasteiger partial charge in [0.05, 0.1) is 11.3 Å². The van der Waals surface area contributed by atoms with Crippen molar-refractivity contribution in [2.75, 3.05) is 5.32 Å². The summed E-state index contributed by atoms with van der Waals surface area (Å²) in [4.78, 5) is 36.4. The number of benzene rings is 2. The van der Waals surface area contributed by atoms with Gasteiger partial charge in [-0.05, 0) is 55.3 Å². The third-order valence-corrected chi connectivity index (χ3v) is 4.11. The topological polar surface area (TPSA) is 109 Å². The van der Waals surface area contributed by atoms with Crippen molar-refractivity contribution in [2.24, 2.45) is 0 Å². The predicted molar refractivity (Wildman–Crippen MR) is 95.6 cm³/mol. The van der Waals surface area contributed by atoms with E-state index in [2.05, 4.69) is 5.32 Å². The summed E-state index contributed by atoms with van der Waals surface area (Å²) in [5.74, 6) is -1.49. The molecule has 7 heteroatoms. The lowest BCUT2D eigenvalue weighted by molar-refractivity contribution is 0.0707. The largest absolute Gasteiger partial charge is 0.422 e. The summed E-state index contributed by atoms with van der Waals surface area (Å²) < 4.78 is 5.25. The van der Waals surface area contributed by atoms with Gasteiger partial charge in [0.25, 0.3) is 11.8 Å². The van der Waals surface area contributed by atoms with Crippen LogP contribution in [0.5, 0.6) is 0 Å². The van der Waals surface area contributed by atoms with E-state index in [0.717, 1.165) is 11.1 Å². The maximum atomic E-state index is 12.5. The molecule has 7 nitrogen and oxygen atoms in total. The molecule has 0 aliphatic heterocycles. The molecule has 0 saturated carbocycles. The molecular formula is C19H16N2O5. The number of hydrogen-bond donors (Lipinski definition) is 3. The molecule has 0 fully saturated rings. The molecule has 0 saturated heterocycles. The van der Waals surface area contributed by atoms with Crippen LogP contribution in [-0.2, 0) is 0 Å². The first-order chi connectivity index (χ1) is 12.4. The zero-order valence-electron chi connectivity index (χ0n) is 14.1. The van der Waals surface area contributed by atoms with Gasteiger partial charge in [-0.25, -0.2) is 10.3 Å². The van der Waals surface area contributed by atoms with Gasteiger partial charge in [-0.2, -0.15) is 0 Å². The number of amides is 2. The average molecular weight is 352 g/mol. The minimum absolute atomic E-state index is 0.0556. The molecule has 26 heavy (non-hydrogen) atoms. The van der Waals surface area contributed by atoms with Crippen LogP contribution in [0.2, 0.25) is 0 Å². The third-order valence-electron chi connectivity index (χ3n) is 4.11. The number of rotatable bonds is 3. The van der Waals surface area contributed by atoms with Gasteiger partial charge in [0, 0.05) is 5.39 Å². The average Bonchev–Trinajstić information content (AvgIpc) is 2.62. The lowest BCUT2D eigenvalue weighted by Gasteiger charge is -2.10. The summed E-state index contributed by atoms with van der Waals surface area (Å²) in [6.45, 7) is 3.82. The van der Waals surface area contributed by atoms with Gasteiger partial charge >= 0.3 is 5.63 Å². The summed E-state index contributed by atoms with van der Waals surface area (Å²) in [5, 5.41) is 11.9. The summed E-state index contributed by atoms with van der Waals surface area (Å²) >= 11 is 0. The van der Waals surface area contributed by atoms with Gasteiger partial charge in [0.2, 0.25) is 0 Å².